The van der Waals surface area contributed by atoms with Crippen molar-refractivity contribution in [1.82, 2.24) is 4.98 Å². The van der Waals surface area contributed by atoms with Crippen molar-refractivity contribution in [2.75, 3.05) is 6.61 Å². The van der Waals surface area contributed by atoms with Crippen molar-refractivity contribution in [3.8, 4) is 11.6 Å². The van der Waals surface area contributed by atoms with Crippen LogP contribution in [0.5, 0.6) is 11.6 Å². The summed E-state index contributed by atoms with van der Waals surface area (Å²) in [6, 6.07) is 10.8. The fraction of sp³-hybridized carbons (Fsp3) is 0.478. The molecule has 2 aromatic rings. The van der Waals surface area contributed by atoms with Crippen LogP contribution in [0.2, 0.25) is 0 Å². The summed E-state index contributed by atoms with van der Waals surface area (Å²) >= 11 is 0. The molecule has 0 bridgehead atoms. The predicted molar refractivity (Wildman–Crippen MR) is 108 cm³/mol. The molecular formula is C23H31NO3. The van der Waals surface area contributed by atoms with Crippen molar-refractivity contribution >= 4 is 5.97 Å². The Morgan fingerprint density at radius 2 is 1.56 bits per heavy atom. The van der Waals surface area contributed by atoms with Gasteiger partial charge in [-0.3, -0.25) is 0 Å². The molecule has 146 valence electrons. The average Bonchev–Trinajstić information content (AvgIpc) is 2.69. The highest BCUT2D eigenvalue weighted by Gasteiger charge is 2.09. The number of pyridine rings is 1. The zero-order chi connectivity index (χ0) is 19.3. The molecule has 0 aliphatic heterocycles. The maximum absolute atomic E-state index is 12.1. The third-order valence-electron chi connectivity index (χ3n) is 4.45. The molecular weight excluding hydrogens is 338 g/mol. The second kappa shape index (κ2) is 12.1. The summed E-state index contributed by atoms with van der Waals surface area (Å²) < 4.78 is 11.0. The van der Waals surface area contributed by atoms with Gasteiger partial charge >= 0.3 is 5.97 Å². The lowest BCUT2D eigenvalue weighted by Gasteiger charge is -2.07. The summed E-state index contributed by atoms with van der Waals surface area (Å²) in [5.74, 6) is 0.659. The van der Waals surface area contributed by atoms with Crippen molar-refractivity contribution in [2.24, 2.45) is 0 Å². The summed E-state index contributed by atoms with van der Waals surface area (Å²) in [5, 5.41) is 0. The maximum atomic E-state index is 12.1. The third kappa shape index (κ3) is 8.25. The first-order chi connectivity index (χ1) is 13.2. The molecule has 0 saturated heterocycles. The Balaban J connectivity index is 1.64. The number of unbranched alkanes of at least 4 members (excludes halogenated alkanes) is 7. The van der Waals surface area contributed by atoms with E-state index in [1.165, 1.54) is 51.1 Å². The number of aromatic nitrogens is 1. The lowest BCUT2D eigenvalue weighted by Crippen LogP contribution is -2.09. The topological polar surface area (TPSA) is 48.4 Å². The van der Waals surface area contributed by atoms with Gasteiger partial charge in [0, 0.05) is 12.3 Å². The van der Waals surface area contributed by atoms with Crippen LogP contribution in [0.25, 0.3) is 0 Å². The molecule has 0 unspecified atom stereocenters. The zero-order valence-corrected chi connectivity index (χ0v) is 16.6. The van der Waals surface area contributed by atoms with Crippen LogP contribution in [-0.2, 0) is 0 Å². The molecule has 1 heterocycles. The molecule has 0 radical (unpaired) electrons. The average molecular weight is 370 g/mol. The highest BCUT2D eigenvalue weighted by molar-refractivity contribution is 5.90. The van der Waals surface area contributed by atoms with Gasteiger partial charge < -0.3 is 9.47 Å². The Bertz CT molecular complexity index is 665. The lowest BCUT2D eigenvalue weighted by atomic mass is 10.1. The number of aryl methyl sites for hydroxylation is 1. The van der Waals surface area contributed by atoms with Gasteiger partial charge in [-0.15, -0.1) is 0 Å². The summed E-state index contributed by atoms with van der Waals surface area (Å²) in [7, 11) is 0. The zero-order valence-electron chi connectivity index (χ0n) is 16.6. The largest absolute Gasteiger partial charge is 0.478 e. The highest BCUT2D eigenvalue weighted by Crippen LogP contribution is 2.15. The lowest BCUT2D eigenvalue weighted by molar-refractivity contribution is 0.0734. The van der Waals surface area contributed by atoms with Crippen LogP contribution < -0.4 is 9.47 Å². The van der Waals surface area contributed by atoms with Crippen molar-refractivity contribution < 1.29 is 14.3 Å². The Kier molecular flexibility index (Phi) is 9.39. The number of hydrogen-bond acceptors (Lipinski definition) is 4. The van der Waals surface area contributed by atoms with Gasteiger partial charge in [0.2, 0.25) is 5.88 Å². The normalized spacial score (nSPS) is 10.6. The molecule has 0 fully saturated rings. The number of ether oxygens (including phenoxy) is 2. The molecule has 0 aliphatic carbocycles. The minimum Gasteiger partial charge on any atom is -0.478 e. The fourth-order valence-electron chi connectivity index (χ4n) is 2.77. The second-order valence-corrected chi connectivity index (χ2v) is 6.91. The first-order valence-corrected chi connectivity index (χ1v) is 10.1. The van der Waals surface area contributed by atoms with Gasteiger partial charge in [0.1, 0.15) is 5.75 Å². The van der Waals surface area contributed by atoms with Gasteiger partial charge in [0.05, 0.1) is 12.2 Å². The summed E-state index contributed by atoms with van der Waals surface area (Å²) in [6.07, 6.45) is 11.7. The van der Waals surface area contributed by atoms with Crippen LogP contribution in [0.4, 0.5) is 0 Å². The summed E-state index contributed by atoms with van der Waals surface area (Å²) in [6.45, 7) is 4.89. The van der Waals surface area contributed by atoms with Crippen LogP contribution in [0, 0.1) is 6.92 Å². The molecule has 1 aromatic carbocycles. The third-order valence-corrected chi connectivity index (χ3v) is 4.45. The van der Waals surface area contributed by atoms with Gasteiger partial charge in [-0.2, -0.15) is 0 Å². The Labute approximate surface area is 162 Å². The Morgan fingerprint density at radius 1 is 0.889 bits per heavy atom. The van der Waals surface area contributed by atoms with Gasteiger partial charge in [-0.05, 0) is 31.5 Å². The van der Waals surface area contributed by atoms with E-state index in [-0.39, 0.29) is 0 Å². The first-order valence-electron chi connectivity index (χ1n) is 10.1. The van der Waals surface area contributed by atoms with E-state index in [4.69, 9.17) is 9.47 Å². The number of carbonyl (C=O) groups is 1. The van der Waals surface area contributed by atoms with E-state index in [0.29, 0.717) is 23.8 Å². The van der Waals surface area contributed by atoms with Gasteiger partial charge in [0.25, 0.3) is 0 Å². The smallest absolute Gasteiger partial charge is 0.345 e. The number of carbonyl (C=O) groups excluding carboxylic acids is 1. The van der Waals surface area contributed by atoms with E-state index in [9.17, 15) is 4.79 Å². The molecule has 4 heteroatoms. The van der Waals surface area contributed by atoms with Crippen molar-refractivity contribution in [3.63, 3.8) is 0 Å². The van der Waals surface area contributed by atoms with Crippen LogP contribution in [0.3, 0.4) is 0 Å². The van der Waals surface area contributed by atoms with Crippen molar-refractivity contribution in [1.29, 1.82) is 0 Å². The number of hydrogen-bond donors (Lipinski definition) is 0. The number of esters is 1. The van der Waals surface area contributed by atoms with Crippen LogP contribution >= 0.6 is 0 Å². The molecule has 0 atom stereocenters. The van der Waals surface area contributed by atoms with Crippen LogP contribution in [0.1, 0.15) is 74.2 Å². The van der Waals surface area contributed by atoms with Gasteiger partial charge in [-0.1, -0.05) is 69.6 Å². The maximum Gasteiger partial charge on any atom is 0.345 e. The fourth-order valence-corrected chi connectivity index (χ4v) is 2.77. The summed E-state index contributed by atoms with van der Waals surface area (Å²) in [4.78, 5) is 16.3. The SMILES string of the molecule is CCCCCCCCCCOc1ccc(C(=O)Oc2ccc(C)cc2)cn1. The number of rotatable bonds is 12. The van der Waals surface area contributed by atoms with E-state index < -0.39 is 5.97 Å². The van der Waals surface area contributed by atoms with E-state index >= 15 is 0 Å². The minimum atomic E-state index is -0.416. The van der Waals surface area contributed by atoms with Crippen LogP contribution in [0.15, 0.2) is 42.6 Å². The predicted octanol–water partition coefficient (Wildman–Crippen LogP) is 6.13. The van der Waals surface area contributed by atoms with Gasteiger partial charge in [0.15, 0.2) is 0 Å². The first kappa shape index (κ1) is 20.9. The Hall–Kier alpha value is -2.36. The standard InChI is InChI=1S/C23H31NO3/c1-3-4-5-6-7-8-9-10-17-26-22-16-13-20(18-24-22)23(25)27-21-14-11-19(2)12-15-21/h11-16,18H,3-10,17H2,1-2H3. The Morgan fingerprint density at radius 3 is 2.19 bits per heavy atom. The van der Waals surface area contributed by atoms with Crippen molar-refractivity contribution in [3.05, 3.63) is 53.7 Å². The molecule has 0 N–H and O–H groups in total. The van der Waals surface area contributed by atoms with E-state index in [1.54, 1.807) is 24.3 Å². The molecule has 0 aliphatic rings. The molecule has 0 saturated carbocycles. The van der Waals surface area contributed by atoms with E-state index in [1.807, 2.05) is 19.1 Å². The van der Waals surface area contributed by atoms with E-state index in [0.717, 1.165) is 12.0 Å². The molecule has 4 nitrogen and oxygen atoms in total. The quantitative estimate of drug-likeness (QED) is 0.256. The van der Waals surface area contributed by atoms with Crippen LogP contribution in [-0.4, -0.2) is 17.6 Å². The minimum absolute atomic E-state index is 0.412. The summed E-state index contributed by atoms with van der Waals surface area (Å²) in [5.41, 5.74) is 1.53. The number of nitrogens with zero attached hydrogens (tertiary/aromatic N) is 1. The molecule has 0 amide bonds. The van der Waals surface area contributed by atoms with Crippen molar-refractivity contribution in [2.45, 2.75) is 65.2 Å². The van der Waals surface area contributed by atoms with E-state index in [2.05, 4.69) is 11.9 Å². The molecule has 2 rings (SSSR count). The molecule has 27 heavy (non-hydrogen) atoms. The second-order valence-electron chi connectivity index (χ2n) is 6.91. The number of benzene rings is 1. The van der Waals surface area contributed by atoms with Gasteiger partial charge in [-0.25, -0.2) is 9.78 Å². The molecule has 1 aromatic heterocycles. The highest BCUT2D eigenvalue weighted by atomic mass is 16.5. The monoisotopic (exact) mass is 369 g/mol. The molecule has 0 spiro atoms.